The Balaban J connectivity index is 2.30. The van der Waals surface area contributed by atoms with Gasteiger partial charge in [-0.05, 0) is 30.7 Å². The number of hydrogen-bond acceptors (Lipinski definition) is 6. The molecule has 11 heteroatoms. The van der Waals surface area contributed by atoms with Crippen molar-refractivity contribution in [2.45, 2.75) is 13.0 Å². The maximum Gasteiger partial charge on any atom is 0.271 e. The molecule has 0 unspecified atom stereocenters. The summed E-state index contributed by atoms with van der Waals surface area (Å²) in [5.41, 5.74) is 0.141. The molecule has 0 spiro atoms. The van der Waals surface area contributed by atoms with E-state index in [1.165, 1.54) is 43.5 Å². The predicted molar refractivity (Wildman–Crippen MR) is 105 cm³/mol. The Kier molecular flexibility index (Phi) is 6.75. The van der Waals surface area contributed by atoms with E-state index in [1.807, 2.05) is 0 Å². The van der Waals surface area contributed by atoms with Gasteiger partial charge in [0.25, 0.3) is 5.69 Å². The van der Waals surface area contributed by atoms with E-state index in [4.69, 9.17) is 4.74 Å². The van der Waals surface area contributed by atoms with Gasteiger partial charge in [0.15, 0.2) is 0 Å². The van der Waals surface area contributed by atoms with Crippen LogP contribution in [-0.4, -0.2) is 39.2 Å². The first-order valence-electron chi connectivity index (χ1n) is 8.38. The third-order valence-corrected chi connectivity index (χ3v) is 5.20. The molecule has 9 nitrogen and oxygen atoms in total. The standard InChI is InChI=1S/C18H20FN3O6S/c1-12(13-4-6-14(19)7-5-13)20-18(23)11-21(29(3,26)27)16-10-15(22(24)25)8-9-17(16)28-2/h4-10,12H,11H2,1-3H3,(H,20,23)/t12-/m0/s1. The van der Waals surface area contributed by atoms with Gasteiger partial charge in [-0.3, -0.25) is 19.2 Å². The van der Waals surface area contributed by atoms with Crippen LogP contribution in [-0.2, 0) is 14.8 Å². The number of carbonyl (C=O) groups is 1. The number of anilines is 1. The van der Waals surface area contributed by atoms with Gasteiger partial charge in [-0.25, -0.2) is 12.8 Å². The third-order valence-electron chi connectivity index (χ3n) is 4.08. The monoisotopic (exact) mass is 425 g/mol. The molecule has 0 saturated carbocycles. The first kappa shape index (κ1) is 22.1. The highest BCUT2D eigenvalue weighted by atomic mass is 32.2. The van der Waals surface area contributed by atoms with Crippen LogP contribution in [0, 0.1) is 15.9 Å². The molecule has 0 bridgehead atoms. The van der Waals surface area contributed by atoms with Crippen LogP contribution in [0.2, 0.25) is 0 Å². The van der Waals surface area contributed by atoms with Crippen molar-refractivity contribution >= 4 is 27.3 Å². The maximum absolute atomic E-state index is 13.0. The van der Waals surface area contributed by atoms with Crippen molar-refractivity contribution in [3.05, 3.63) is 64.0 Å². The molecule has 0 saturated heterocycles. The summed E-state index contributed by atoms with van der Waals surface area (Å²) >= 11 is 0. The van der Waals surface area contributed by atoms with E-state index in [0.717, 1.165) is 16.6 Å². The number of nitro groups is 1. The van der Waals surface area contributed by atoms with Crippen molar-refractivity contribution in [3.8, 4) is 5.75 Å². The Morgan fingerprint density at radius 2 is 1.90 bits per heavy atom. The highest BCUT2D eigenvalue weighted by Gasteiger charge is 2.26. The second-order valence-corrected chi connectivity index (χ2v) is 8.13. The summed E-state index contributed by atoms with van der Waals surface area (Å²) in [6.45, 7) is 1.03. The van der Waals surface area contributed by atoms with E-state index in [9.17, 15) is 27.7 Å². The molecule has 0 aromatic heterocycles. The molecule has 0 aliphatic rings. The normalized spacial score (nSPS) is 12.1. The molecule has 0 fully saturated rings. The molecule has 1 atom stereocenters. The lowest BCUT2D eigenvalue weighted by molar-refractivity contribution is -0.384. The second kappa shape index (κ2) is 8.86. The molecular formula is C18H20FN3O6S. The van der Waals surface area contributed by atoms with Crippen molar-refractivity contribution in [2.24, 2.45) is 0 Å². The van der Waals surface area contributed by atoms with Gasteiger partial charge in [-0.2, -0.15) is 0 Å². The molecule has 2 aromatic carbocycles. The Bertz CT molecular complexity index is 1010. The number of nitrogens with zero attached hydrogens (tertiary/aromatic N) is 2. The van der Waals surface area contributed by atoms with Gasteiger partial charge in [0.05, 0.1) is 24.3 Å². The van der Waals surface area contributed by atoms with Crippen LogP contribution in [0.15, 0.2) is 42.5 Å². The van der Waals surface area contributed by atoms with Gasteiger partial charge < -0.3 is 10.1 Å². The summed E-state index contributed by atoms with van der Waals surface area (Å²) in [5.74, 6) is -1.02. The molecule has 0 radical (unpaired) electrons. The Morgan fingerprint density at radius 3 is 2.41 bits per heavy atom. The summed E-state index contributed by atoms with van der Waals surface area (Å²) in [6, 6.07) is 8.41. The number of methoxy groups -OCH3 is 1. The zero-order valence-electron chi connectivity index (χ0n) is 16.0. The number of rotatable bonds is 8. The smallest absolute Gasteiger partial charge is 0.271 e. The van der Waals surface area contributed by atoms with Gasteiger partial charge in [-0.1, -0.05) is 12.1 Å². The number of nitro benzene ring substituents is 1. The third kappa shape index (κ3) is 5.64. The van der Waals surface area contributed by atoms with Crippen molar-refractivity contribution in [2.75, 3.05) is 24.2 Å². The average molecular weight is 425 g/mol. The number of ether oxygens (including phenoxy) is 1. The van der Waals surface area contributed by atoms with Crippen LogP contribution in [0.1, 0.15) is 18.5 Å². The molecular weight excluding hydrogens is 405 g/mol. The van der Waals surface area contributed by atoms with E-state index in [-0.39, 0.29) is 17.1 Å². The summed E-state index contributed by atoms with van der Waals surface area (Å²) in [7, 11) is -2.69. The lowest BCUT2D eigenvalue weighted by Gasteiger charge is -2.24. The van der Waals surface area contributed by atoms with E-state index < -0.39 is 39.3 Å². The highest BCUT2D eigenvalue weighted by Crippen LogP contribution is 2.33. The average Bonchev–Trinajstić information content (AvgIpc) is 2.65. The minimum Gasteiger partial charge on any atom is -0.495 e. The summed E-state index contributed by atoms with van der Waals surface area (Å²) in [6.07, 6.45) is 0.877. The summed E-state index contributed by atoms with van der Waals surface area (Å²) < 4.78 is 43.5. The molecule has 1 N–H and O–H groups in total. The number of carbonyl (C=O) groups excluding carboxylic acids is 1. The van der Waals surface area contributed by atoms with Crippen LogP contribution in [0.5, 0.6) is 5.75 Å². The molecule has 29 heavy (non-hydrogen) atoms. The van der Waals surface area contributed by atoms with Crippen molar-refractivity contribution in [3.63, 3.8) is 0 Å². The maximum atomic E-state index is 13.0. The van der Waals surface area contributed by atoms with E-state index in [0.29, 0.717) is 5.56 Å². The van der Waals surface area contributed by atoms with Gasteiger partial charge in [-0.15, -0.1) is 0 Å². The number of nitrogens with one attached hydrogen (secondary N) is 1. The predicted octanol–water partition coefficient (Wildman–Crippen LogP) is 2.39. The van der Waals surface area contributed by atoms with Crippen LogP contribution < -0.4 is 14.4 Å². The largest absolute Gasteiger partial charge is 0.495 e. The molecule has 0 aliphatic heterocycles. The Morgan fingerprint density at radius 1 is 1.28 bits per heavy atom. The molecule has 156 valence electrons. The highest BCUT2D eigenvalue weighted by molar-refractivity contribution is 7.92. The first-order valence-corrected chi connectivity index (χ1v) is 10.2. The lowest BCUT2D eigenvalue weighted by Crippen LogP contribution is -2.41. The fourth-order valence-corrected chi connectivity index (χ4v) is 3.47. The summed E-state index contributed by atoms with van der Waals surface area (Å²) in [4.78, 5) is 22.9. The molecule has 2 aromatic rings. The molecule has 0 aliphatic carbocycles. The van der Waals surface area contributed by atoms with Gasteiger partial charge >= 0.3 is 0 Å². The Hall–Kier alpha value is -3.21. The fourth-order valence-electron chi connectivity index (χ4n) is 2.62. The van der Waals surface area contributed by atoms with Gasteiger partial charge in [0.1, 0.15) is 23.8 Å². The van der Waals surface area contributed by atoms with Crippen molar-refractivity contribution in [1.82, 2.24) is 5.32 Å². The lowest BCUT2D eigenvalue weighted by atomic mass is 10.1. The fraction of sp³-hybridized carbons (Fsp3) is 0.278. The van der Waals surface area contributed by atoms with E-state index in [2.05, 4.69) is 5.32 Å². The number of non-ortho nitro benzene ring substituents is 1. The second-order valence-electron chi connectivity index (χ2n) is 6.22. The number of amides is 1. The molecule has 1 amide bonds. The summed E-state index contributed by atoms with van der Waals surface area (Å²) in [5, 5.41) is 13.7. The molecule has 0 heterocycles. The number of halogens is 1. The van der Waals surface area contributed by atoms with E-state index in [1.54, 1.807) is 6.92 Å². The van der Waals surface area contributed by atoms with Gasteiger partial charge in [0, 0.05) is 12.1 Å². The van der Waals surface area contributed by atoms with Crippen LogP contribution >= 0.6 is 0 Å². The van der Waals surface area contributed by atoms with Crippen molar-refractivity contribution < 1.29 is 27.3 Å². The zero-order chi connectivity index (χ0) is 21.8. The van der Waals surface area contributed by atoms with Crippen LogP contribution in [0.4, 0.5) is 15.8 Å². The van der Waals surface area contributed by atoms with Crippen LogP contribution in [0.3, 0.4) is 0 Å². The topological polar surface area (TPSA) is 119 Å². The minimum atomic E-state index is -3.97. The zero-order valence-corrected chi connectivity index (χ0v) is 16.8. The minimum absolute atomic E-state index is 0.0559. The Labute approximate surface area is 167 Å². The molecule has 2 rings (SSSR count). The number of hydrogen-bond donors (Lipinski definition) is 1. The van der Waals surface area contributed by atoms with E-state index >= 15 is 0 Å². The SMILES string of the molecule is COc1ccc([N+](=O)[O-])cc1N(CC(=O)N[C@@H](C)c1ccc(F)cc1)S(C)(=O)=O. The first-order chi connectivity index (χ1) is 13.5. The quantitative estimate of drug-likeness (QED) is 0.512. The van der Waals surface area contributed by atoms with Gasteiger partial charge in [0.2, 0.25) is 15.9 Å². The number of sulfonamides is 1. The van der Waals surface area contributed by atoms with Crippen LogP contribution in [0.25, 0.3) is 0 Å². The van der Waals surface area contributed by atoms with Crippen molar-refractivity contribution in [1.29, 1.82) is 0 Å². The number of benzene rings is 2.